The summed E-state index contributed by atoms with van der Waals surface area (Å²) in [5.74, 6) is 0.388. The van der Waals surface area contributed by atoms with Gasteiger partial charge in [0.15, 0.2) is 0 Å². The molecular weight excluding hydrogens is 250 g/mol. The SMILES string of the molecule is CCC(Nc1cc(Cl)ccc1C(=O)OC)C1CC1. The number of hydrogen-bond acceptors (Lipinski definition) is 3. The number of carbonyl (C=O) groups is 1. The van der Waals surface area contributed by atoms with E-state index in [-0.39, 0.29) is 5.97 Å². The van der Waals surface area contributed by atoms with E-state index in [0.717, 1.165) is 18.0 Å². The van der Waals surface area contributed by atoms with Crippen molar-refractivity contribution in [3.05, 3.63) is 28.8 Å². The van der Waals surface area contributed by atoms with Crippen molar-refractivity contribution < 1.29 is 9.53 Å². The lowest BCUT2D eigenvalue weighted by Crippen LogP contribution is -2.22. The lowest BCUT2D eigenvalue weighted by Gasteiger charge is -2.19. The van der Waals surface area contributed by atoms with E-state index in [1.807, 2.05) is 0 Å². The van der Waals surface area contributed by atoms with E-state index in [1.54, 1.807) is 18.2 Å². The standard InChI is InChI=1S/C14H18ClNO2/c1-3-12(9-4-5-9)16-13-8-10(15)6-7-11(13)14(17)18-2/h6-9,12,16H,3-5H2,1-2H3. The van der Waals surface area contributed by atoms with Gasteiger partial charge in [-0.25, -0.2) is 4.79 Å². The fraction of sp³-hybridized carbons (Fsp3) is 0.500. The number of nitrogens with one attached hydrogen (secondary N) is 1. The highest BCUT2D eigenvalue weighted by atomic mass is 35.5. The van der Waals surface area contributed by atoms with Crippen LogP contribution in [0, 0.1) is 5.92 Å². The number of anilines is 1. The number of benzene rings is 1. The first-order valence-electron chi connectivity index (χ1n) is 6.30. The summed E-state index contributed by atoms with van der Waals surface area (Å²) in [5, 5.41) is 4.05. The number of rotatable bonds is 5. The van der Waals surface area contributed by atoms with Crippen molar-refractivity contribution in [2.45, 2.75) is 32.2 Å². The van der Waals surface area contributed by atoms with Gasteiger partial charge in [0.2, 0.25) is 0 Å². The van der Waals surface area contributed by atoms with Crippen LogP contribution in [0.4, 0.5) is 5.69 Å². The number of carbonyl (C=O) groups excluding carboxylic acids is 1. The summed E-state index contributed by atoms with van der Waals surface area (Å²) in [6, 6.07) is 5.61. The monoisotopic (exact) mass is 267 g/mol. The van der Waals surface area contributed by atoms with Crippen LogP contribution in [-0.4, -0.2) is 19.1 Å². The predicted molar refractivity (Wildman–Crippen MR) is 73.2 cm³/mol. The molecule has 0 heterocycles. The zero-order valence-electron chi connectivity index (χ0n) is 10.7. The summed E-state index contributed by atoms with van der Waals surface area (Å²) in [5.41, 5.74) is 1.31. The Balaban J connectivity index is 2.23. The van der Waals surface area contributed by atoms with Crippen molar-refractivity contribution in [3.63, 3.8) is 0 Å². The van der Waals surface area contributed by atoms with E-state index < -0.39 is 0 Å². The Kier molecular flexibility index (Phi) is 4.12. The van der Waals surface area contributed by atoms with Crippen LogP contribution in [0.2, 0.25) is 5.02 Å². The van der Waals surface area contributed by atoms with Gasteiger partial charge in [0.05, 0.1) is 18.4 Å². The maximum absolute atomic E-state index is 11.7. The smallest absolute Gasteiger partial charge is 0.339 e. The molecule has 1 aliphatic carbocycles. The molecule has 1 fully saturated rings. The Morgan fingerprint density at radius 1 is 1.56 bits per heavy atom. The van der Waals surface area contributed by atoms with Crippen LogP contribution in [0.1, 0.15) is 36.5 Å². The van der Waals surface area contributed by atoms with Crippen LogP contribution in [-0.2, 0) is 4.74 Å². The van der Waals surface area contributed by atoms with Gasteiger partial charge in [0.1, 0.15) is 0 Å². The van der Waals surface area contributed by atoms with Gasteiger partial charge >= 0.3 is 5.97 Å². The Hall–Kier alpha value is -1.22. The molecule has 1 aliphatic rings. The number of ether oxygens (including phenoxy) is 1. The second-order valence-corrected chi connectivity index (χ2v) is 5.11. The Morgan fingerprint density at radius 3 is 2.83 bits per heavy atom. The molecule has 0 aromatic heterocycles. The molecule has 0 saturated heterocycles. The first kappa shape index (κ1) is 13.2. The van der Waals surface area contributed by atoms with Crippen molar-refractivity contribution in [2.24, 2.45) is 5.92 Å². The molecule has 0 bridgehead atoms. The molecule has 18 heavy (non-hydrogen) atoms. The fourth-order valence-electron chi connectivity index (χ4n) is 2.18. The summed E-state index contributed by atoms with van der Waals surface area (Å²) in [6.45, 7) is 2.15. The molecular formula is C14H18ClNO2. The Labute approximate surface area is 112 Å². The average Bonchev–Trinajstić information content (AvgIpc) is 3.19. The largest absolute Gasteiger partial charge is 0.465 e. The van der Waals surface area contributed by atoms with Crippen molar-refractivity contribution in [3.8, 4) is 0 Å². The number of hydrogen-bond donors (Lipinski definition) is 1. The van der Waals surface area contributed by atoms with Crippen LogP contribution >= 0.6 is 11.6 Å². The highest BCUT2D eigenvalue weighted by Gasteiger charge is 2.30. The van der Waals surface area contributed by atoms with Gasteiger partial charge in [-0.1, -0.05) is 18.5 Å². The molecule has 98 valence electrons. The summed E-state index contributed by atoms with van der Waals surface area (Å²) in [6.07, 6.45) is 3.57. The van der Waals surface area contributed by atoms with E-state index in [1.165, 1.54) is 20.0 Å². The van der Waals surface area contributed by atoms with Crippen molar-refractivity contribution in [1.29, 1.82) is 0 Å². The van der Waals surface area contributed by atoms with Crippen LogP contribution in [0.5, 0.6) is 0 Å². The molecule has 0 amide bonds. The quantitative estimate of drug-likeness (QED) is 0.826. The zero-order valence-corrected chi connectivity index (χ0v) is 11.5. The molecule has 1 atom stereocenters. The van der Waals surface area contributed by atoms with E-state index in [2.05, 4.69) is 12.2 Å². The Bertz CT molecular complexity index is 443. The van der Waals surface area contributed by atoms with E-state index in [9.17, 15) is 4.79 Å². The molecule has 1 unspecified atom stereocenters. The van der Waals surface area contributed by atoms with Gasteiger partial charge in [0.25, 0.3) is 0 Å². The first-order chi connectivity index (χ1) is 8.65. The maximum Gasteiger partial charge on any atom is 0.339 e. The normalized spacial score (nSPS) is 16.2. The fourth-order valence-corrected chi connectivity index (χ4v) is 2.35. The minimum Gasteiger partial charge on any atom is -0.465 e. The van der Waals surface area contributed by atoms with E-state index >= 15 is 0 Å². The number of halogens is 1. The molecule has 1 aromatic carbocycles. The lowest BCUT2D eigenvalue weighted by molar-refractivity contribution is 0.0602. The molecule has 0 aliphatic heterocycles. The third-order valence-electron chi connectivity index (χ3n) is 3.36. The third kappa shape index (κ3) is 2.96. The van der Waals surface area contributed by atoms with Crippen molar-refractivity contribution in [2.75, 3.05) is 12.4 Å². The lowest BCUT2D eigenvalue weighted by atomic mass is 10.1. The van der Waals surface area contributed by atoms with Crippen LogP contribution in [0.25, 0.3) is 0 Å². The van der Waals surface area contributed by atoms with Gasteiger partial charge in [-0.15, -0.1) is 0 Å². The summed E-state index contributed by atoms with van der Waals surface area (Å²) in [7, 11) is 1.39. The topological polar surface area (TPSA) is 38.3 Å². The minimum absolute atomic E-state index is 0.334. The van der Waals surface area contributed by atoms with Gasteiger partial charge < -0.3 is 10.1 Å². The first-order valence-corrected chi connectivity index (χ1v) is 6.68. The van der Waals surface area contributed by atoms with Crippen LogP contribution < -0.4 is 5.32 Å². The van der Waals surface area contributed by atoms with Crippen LogP contribution in [0.15, 0.2) is 18.2 Å². The summed E-state index contributed by atoms with van der Waals surface area (Å²) in [4.78, 5) is 11.7. The molecule has 0 spiro atoms. The third-order valence-corrected chi connectivity index (χ3v) is 3.59. The predicted octanol–water partition coefficient (Wildman–Crippen LogP) is 3.73. The van der Waals surface area contributed by atoms with Gasteiger partial charge in [-0.2, -0.15) is 0 Å². The average molecular weight is 268 g/mol. The van der Waals surface area contributed by atoms with Crippen molar-refractivity contribution in [1.82, 2.24) is 0 Å². The van der Waals surface area contributed by atoms with E-state index in [4.69, 9.17) is 16.3 Å². The number of esters is 1. The second kappa shape index (κ2) is 5.61. The minimum atomic E-state index is -0.334. The molecule has 0 radical (unpaired) electrons. The van der Waals surface area contributed by atoms with Crippen molar-refractivity contribution >= 4 is 23.3 Å². The molecule has 1 aromatic rings. The van der Waals surface area contributed by atoms with Gasteiger partial charge in [0, 0.05) is 11.1 Å². The molecule has 1 N–H and O–H groups in total. The van der Waals surface area contributed by atoms with Gasteiger partial charge in [-0.3, -0.25) is 0 Å². The van der Waals surface area contributed by atoms with Crippen LogP contribution in [0.3, 0.4) is 0 Å². The number of methoxy groups -OCH3 is 1. The molecule has 3 nitrogen and oxygen atoms in total. The highest BCUT2D eigenvalue weighted by Crippen LogP contribution is 2.36. The molecule has 1 saturated carbocycles. The maximum atomic E-state index is 11.7. The summed E-state index contributed by atoms with van der Waals surface area (Å²) < 4.78 is 4.79. The van der Waals surface area contributed by atoms with E-state index in [0.29, 0.717) is 16.6 Å². The summed E-state index contributed by atoms with van der Waals surface area (Å²) >= 11 is 5.99. The molecule has 4 heteroatoms. The second-order valence-electron chi connectivity index (χ2n) is 4.68. The Morgan fingerprint density at radius 2 is 2.28 bits per heavy atom. The molecule has 2 rings (SSSR count). The van der Waals surface area contributed by atoms with Gasteiger partial charge in [-0.05, 0) is 43.4 Å². The zero-order chi connectivity index (χ0) is 13.1. The highest BCUT2D eigenvalue weighted by molar-refractivity contribution is 6.31.